The molecule has 0 spiro atoms. The van der Waals surface area contributed by atoms with Crippen LogP contribution in [0, 0.1) is 6.92 Å². The Bertz CT molecular complexity index is 1090. The molecule has 1 N–H and O–H groups in total. The summed E-state index contributed by atoms with van der Waals surface area (Å²) in [5, 5.41) is 3.24. The Morgan fingerprint density at radius 1 is 1.27 bits per heavy atom. The predicted molar refractivity (Wildman–Crippen MR) is 111 cm³/mol. The van der Waals surface area contributed by atoms with Crippen LogP contribution < -0.4 is 5.32 Å². The lowest BCUT2D eigenvalue weighted by atomic mass is 9.91. The summed E-state index contributed by atoms with van der Waals surface area (Å²) in [6.45, 7) is 4.35. The SMILES string of the molecule is Cc1cc2c(cc3n2C[C@](C)(C(=O)NC2CCCCC2)N(Cc2ccco2)C3=O)o1. The minimum Gasteiger partial charge on any atom is -0.467 e. The van der Waals surface area contributed by atoms with E-state index in [4.69, 9.17) is 8.83 Å². The average molecular weight is 409 g/mol. The van der Waals surface area contributed by atoms with Gasteiger partial charge < -0.3 is 23.6 Å². The number of furan rings is 2. The number of hydrogen-bond acceptors (Lipinski definition) is 4. The number of fused-ring (bicyclic) bond motifs is 3. The molecule has 1 fully saturated rings. The van der Waals surface area contributed by atoms with Crippen molar-refractivity contribution < 1.29 is 18.4 Å². The highest BCUT2D eigenvalue weighted by Gasteiger charge is 2.48. The van der Waals surface area contributed by atoms with E-state index in [-0.39, 0.29) is 24.4 Å². The summed E-state index contributed by atoms with van der Waals surface area (Å²) in [6.07, 6.45) is 7.06. The zero-order chi connectivity index (χ0) is 20.9. The maximum atomic E-state index is 13.6. The van der Waals surface area contributed by atoms with Crippen LogP contribution in [-0.4, -0.2) is 32.9 Å². The van der Waals surface area contributed by atoms with Crippen molar-refractivity contribution in [3.63, 3.8) is 0 Å². The van der Waals surface area contributed by atoms with Crippen molar-refractivity contribution in [3.05, 3.63) is 47.7 Å². The zero-order valence-corrected chi connectivity index (χ0v) is 17.4. The van der Waals surface area contributed by atoms with Gasteiger partial charge in [-0.3, -0.25) is 9.59 Å². The first-order valence-electron chi connectivity index (χ1n) is 10.7. The van der Waals surface area contributed by atoms with Crippen LogP contribution in [0.4, 0.5) is 0 Å². The fourth-order valence-electron chi connectivity index (χ4n) is 4.86. The third-order valence-electron chi connectivity index (χ3n) is 6.56. The Morgan fingerprint density at radius 3 is 2.80 bits per heavy atom. The Hall–Kier alpha value is -2.96. The Morgan fingerprint density at radius 2 is 2.07 bits per heavy atom. The number of rotatable bonds is 4. The average Bonchev–Trinajstić information content (AvgIpc) is 3.43. The molecule has 2 aliphatic rings. The van der Waals surface area contributed by atoms with Gasteiger partial charge in [-0.2, -0.15) is 0 Å². The topological polar surface area (TPSA) is 80.6 Å². The lowest BCUT2D eigenvalue weighted by molar-refractivity contribution is -0.134. The predicted octanol–water partition coefficient (Wildman–Crippen LogP) is 4.00. The standard InChI is InChI=1S/C23H27N3O4/c1-15-11-18-20(30-15)12-19-21(27)26(13-17-9-6-10-29-17)23(2,14-25(18)19)22(28)24-16-7-4-3-5-8-16/h6,9-12,16H,3-5,7-8,13-14H2,1-2H3,(H,24,28)/t23-/m1/s1. The smallest absolute Gasteiger partial charge is 0.272 e. The number of carbonyl (C=O) groups excluding carboxylic acids is 2. The van der Waals surface area contributed by atoms with Crippen molar-refractivity contribution >= 4 is 22.9 Å². The van der Waals surface area contributed by atoms with Crippen LogP contribution >= 0.6 is 0 Å². The van der Waals surface area contributed by atoms with Crippen LogP contribution in [0.25, 0.3) is 11.1 Å². The zero-order valence-electron chi connectivity index (χ0n) is 17.4. The highest BCUT2D eigenvalue weighted by molar-refractivity contribution is 6.03. The van der Waals surface area contributed by atoms with Gasteiger partial charge in [-0.15, -0.1) is 0 Å². The van der Waals surface area contributed by atoms with Gasteiger partial charge in [0.2, 0.25) is 5.91 Å². The van der Waals surface area contributed by atoms with E-state index in [2.05, 4.69) is 5.32 Å². The van der Waals surface area contributed by atoms with Gasteiger partial charge in [-0.25, -0.2) is 0 Å². The molecule has 1 atom stereocenters. The molecule has 0 saturated heterocycles. The number of aryl methyl sites for hydroxylation is 1. The molecule has 158 valence electrons. The van der Waals surface area contributed by atoms with Gasteiger partial charge in [0.25, 0.3) is 5.91 Å². The number of carbonyl (C=O) groups is 2. The second-order valence-corrected chi connectivity index (χ2v) is 8.78. The lowest BCUT2D eigenvalue weighted by Crippen LogP contribution is -2.64. The molecule has 3 aromatic rings. The molecular weight excluding hydrogens is 382 g/mol. The van der Waals surface area contributed by atoms with Crippen LogP contribution in [0.1, 0.15) is 61.0 Å². The number of aromatic nitrogens is 1. The summed E-state index contributed by atoms with van der Waals surface area (Å²) in [5.41, 5.74) is 1.03. The Kier molecular flexibility index (Phi) is 4.49. The molecule has 7 heteroatoms. The van der Waals surface area contributed by atoms with Crippen molar-refractivity contribution in [1.82, 2.24) is 14.8 Å². The van der Waals surface area contributed by atoms with Gasteiger partial charge in [0.15, 0.2) is 5.58 Å². The Balaban J connectivity index is 1.54. The van der Waals surface area contributed by atoms with E-state index in [1.165, 1.54) is 6.42 Å². The first kappa shape index (κ1) is 19.0. The second kappa shape index (κ2) is 7.07. The molecule has 1 saturated carbocycles. The van der Waals surface area contributed by atoms with E-state index in [0.717, 1.165) is 37.0 Å². The van der Waals surface area contributed by atoms with Crippen molar-refractivity contribution in [1.29, 1.82) is 0 Å². The van der Waals surface area contributed by atoms with Gasteiger partial charge in [-0.1, -0.05) is 19.3 Å². The highest BCUT2D eigenvalue weighted by Crippen LogP contribution is 2.35. The molecule has 0 radical (unpaired) electrons. The van der Waals surface area contributed by atoms with Crippen LogP contribution in [0.2, 0.25) is 0 Å². The molecule has 2 amide bonds. The highest BCUT2D eigenvalue weighted by atomic mass is 16.3. The molecule has 1 aliphatic heterocycles. The fourth-order valence-corrected chi connectivity index (χ4v) is 4.86. The quantitative estimate of drug-likeness (QED) is 0.706. The minimum absolute atomic E-state index is 0.109. The lowest BCUT2D eigenvalue weighted by Gasteiger charge is -2.44. The van der Waals surface area contributed by atoms with Gasteiger partial charge in [-0.05, 0) is 38.8 Å². The fraction of sp³-hybridized carbons (Fsp3) is 0.478. The third kappa shape index (κ3) is 3.04. The minimum atomic E-state index is -1.04. The molecule has 3 aromatic heterocycles. The van der Waals surface area contributed by atoms with E-state index in [1.54, 1.807) is 23.3 Å². The first-order valence-corrected chi connectivity index (χ1v) is 10.7. The van der Waals surface area contributed by atoms with E-state index >= 15 is 0 Å². The molecule has 0 bridgehead atoms. The van der Waals surface area contributed by atoms with Gasteiger partial charge in [0.1, 0.15) is 22.8 Å². The molecule has 0 aromatic carbocycles. The number of nitrogens with one attached hydrogen (secondary N) is 1. The van der Waals surface area contributed by atoms with E-state index in [0.29, 0.717) is 23.6 Å². The van der Waals surface area contributed by atoms with Crippen LogP contribution in [0.5, 0.6) is 0 Å². The normalized spacial score (nSPS) is 22.5. The van der Waals surface area contributed by atoms with Crippen molar-refractivity contribution in [2.75, 3.05) is 0 Å². The maximum absolute atomic E-state index is 13.6. The van der Waals surface area contributed by atoms with Gasteiger partial charge >= 0.3 is 0 Å². The number of hydrogen-bond donors (Lipinski definition) is 1. The van der Waals surface area contributed by atoms with Gasteiger partial charge in [0.05, 0.1) is 24.9 Å². The summed E-state index contributed by atoms with van der Waals surface area (Å²) >= 11 is 0. The third-order valence-corrected chi connectivity index (χ3v) is 6.56. The molecule has 7 nitrogen and oxygen atoms in total. The van der Waals surface area contributed by atoms with Gasteiger partial charge in [0, 0.05) is 18.2 Å². The summed E-state index contributed by atoms with van der Waals surface area (Å²) < 4.78 is 13.2. The summed E-state index contributed by atoms with van der Waals surface area (Å²) in [5.74, 6) is 1.14. The second-order valence-electron chi connectivity index (χ2n) is 8.78. The molecule has 0 unspecified atom stereocenters. The molecule has 5 rings (SSSR count). The van der Waals surface area contributed by atoms with Crippen molar-refractivity contribution in [2.45, 2.75) is 70.6 Å². The van der Waals surface area contributed by atoms with E-state index < -0.39 is 5.54 Å². The summed E-state index contributed by atoms with van der Waals surface area (Å²) in [4.78, 5) is 28.8. The molecule has 4 heterocycles. The van der Waals surface area contributed by atoms with E-state index in [1.807, 2.05) is 30.5 Å². The monoisotopic (exact) mass is 409 g/mol. The molecular formula is C23H27N3O4. The molecule has 1 aliphatic carbocycles. The largest absolute Gasteiger partial charge is 0.467 e. The number of nitrogens with zero attached hydrogens (tertiary/aromatic N) is 2. The Labute approximate surface area is 175 Å². The summed E-state index contributed by atoms with van der Waals surface area (Å²) in [6, 6.07) is 7.50. The van der Waals surface area contributed by atoms with Crippen molar-refractivity contribution in [2.24, 2.45) is 0 Å². The number of amides is 2. The van der Waals surface area contributed by atoms with Crippen LogP contribution in [-0.2, 0) is 17.9 Å². The van der Waals surface area contributed by atoms with Crippen LogP contribution in [0.3, 0.4) is 0 Å². The molecule has 30 heavy (non-hydrogen) atoms. The summed E-state index contributed by atoms with van der Waals surface area (Å²) in [7, 11) is 0. The maximum Gasteiger partial charge on any atom is 0.272 e. The first-order chi connectivity index (χ1) is 14.5. The van der Waals surface area contributed by atoms with Crippen molar-refractivity contribution in [3.8, 4) is 0 Å². The van der Waals surface area contributed by atoms with E-state index in [9.17, 15) is 9.59 Å². The van der Waals surface area contributed by atoms with Crippen LogP contribution in [0.15, 0.2) is 39.4 Å².